The molecule has 0 atom stereocenters. The standard InChI is InChI=1S/C9H9OP/c1-8-3-2-4-9(7-8)5-6-11-10/h2-7H,1H3. The largest absolute Gasteiger partial charge is 0.270 e. The lowest BCUT2D eigenvalue weighted by Crippen LogP contribution is -1.72. The van der Waals surface area contributed by atoms with E-state index in [9.17, 15) is 4.57 Å². The van der Waals surface area contributed by atoms with Gasteiger partial charge >= 0.3 is 0 Å². The normalized spacial score (nSPS) is 11.0. The zero-order chi connectivity index (χ0) is 8.10. The SMILES string of the molecule is Cc1cccc(C=CP=O)c1. The predicted octanol–water partition coefficient (Wildman–Crippen LogP) is 3.26. The molecule has 0 heterocycles. The minimum absolute atomic E-state index is 0.0607. The maximum atomic E-state index is 10.1. The highest BCUT2D eigenvalue weighted by Gasteiger charge is 1.85. The van der Waals surface area contributed by atoms with Crippen molar-refractivity contribution in [3.05, 3.63) is 41.2 Å². The van der Waals surface area contributed by atoms with Crippen molar-refractivity contribution in [3.8, 4) is 0 Å². The van der Waals surface area contributed by atoms with Gasteiger partial charge in [-0.25, -0.2) is 0 Å². The first-order valence-electron chi connectivity index (χ1n) is 3.38. The molecule has 56 valence electrons. The molecule has 0 aromatic heterocycles. The van der Waals surface area contributed by atoms with Gasteiger partial charge in [-0.05, 0) is 18.6 Å². The fourth-order valence-electron chi connectivity index (χ4n) is 0.890. The molecule has 0 bridgehead atoms. The lowest BCUT2D eigenvalue weighted by atomic mass is 10.1. The second-order valence-corrected chi connectivity index (χ2v) is 2.84. The van der Waals surface area contributed by atoms with Gasteiger partial charge in [0.05, 0.1) is 0 Å². The van der Waals surface area contributed by atoms with Gasteiger partial charge < -0.3 is 0 Å². The van der Waals surface area contributed by atoms with Crippen molar-refractivity contribution in [3.63, 3.8) is 0 Å². The summed E-state index contributed by atoms with van der Waals surface area (Å²) in [5.41, 5.74) is 2.31. The highest BCUT2D eigenvalue weighted by atomic mass is 31.1. The van der Waals surface area contributed by atoms with Gasteiger partial charge in [0.25, 0.3) is 0 Å². The lowest BCUT2D eigenvalue weighted by molar-refractivity contribution is 0.603. The van der Waals surface area contributed by atoms with E-state index in [1.54, 1.807) is 5.82 Å². The van der Waals surface area contributed by atoms with Crippen LogP contribution in [0.5, 0.6) is 0 Å². The van der Waals surface area contributed by atoms with Crippen molar-refractivity contribution in [1.82, 2.24) is 0 Å². The van der Waals surface area contributed by atoms with Gasteiger partial charge in [0.1, 0.15) is 0 Å². The molecule has 0 aliphatic heterocycles. The van der Waals surface area contributed by atoms with Gasteiger partial charge in [0, 0.05) is 5.82 Å². The van der Waals surface area contributed by atoms with E-state index < -0.39 is 0 Å². The third kappa shape index (κ3) is 2.65. The van der Waals surface area contributed by atoms with E-state index in [0.29, 0.717) is 0 Å². The van der Waals surface area contributed by atoms with E-state index in [1.165, 1.54) is 5.56 Å². The summed E-state index contributed by atoms with van der Waals surface area (Å²) >= 11 is 0. The zero-order valence-electron chi connectivity index (χ0n) is 6.32. The van der Waals surface area contributed by atoms with E-state index in [4.69, 9.17) is 0 Å². The highest BCUT2D eigenvalue weighted by Crippen LogP contribution is 2.07. The van der Waals surface area contributed by atoms with E-state index in [2.05, 4.69) is 0 Å². The molecule has 11 heavy (non-hydrogen) atoms. The first-order valence-corrected chi connectivity index (χ1v) is 4.27. The summed E-state index contributed by atoms with van der Waals surface area (Å²) in [6.45, 7) is 2.03. The maximum Gasteiger partial charge on any atom is 0.184 e. The van der Waals surface area contributed by atoms with Crippen molar-refractivity contribution in [2.24, 2.45) is 0 Å². The summed E-state index contributed by atoms with van der Waals surface area (Å²) in [6, 6.07) is 8.04. The van der Waals surface area contributed by atoms with E-state index in [-0.39, 0.29) is 8.46 Å². The molecule has 0 unspecified atom stereocenters. The monoisotopic (exact) mass is 164 g/mol. The van der Waals surface area contributed by atoms with Crippen LogP contribution in [0.1, 0.15) is 11.1 Å². The predicted molar refractivity (Wildman–Crippen MR) is 47.8 cm³/mol. The summed E-state index contributed by atoms with van der Waals surface area (Å²) < 4.78 is 10.1. The van der Waals surface area contributed by atoms with Crippen molar-refractivity contribution >= 4 is 14.5 Å². The molecule has 0 aliphatic carbocycles. The third-order valence-corrected chi connectivity index (χ3v) is 1.64. The Bertz CT molecular complexity index is 279. The Kier molecular flexibility index (Phi) is 3.00. The van der Waals surface area contributed by atoms with Crippen molar-refractivity contribution in [1.29, 1.82) is 0 Å². The van der Waals surface area contributed by atoms with Crippen LogP contribution < -0.4 is 0 Å². The smallest absolute Gasteiger partial charge is 0.184 e. The Morgan fingerprint density at radius 2 is 2.27 bits per heavy atom. The Morgan fingerprint density at radius 3 is 2.91 bits per heavy atom. The number of aryl methyl sites for hydroxylation is 1. The minimum atomic E-state index is 0.0607. The van der Waals surface area contributed by atoms with Crippen LogP contribution in [0, 0.1) is 6.92 Å². The molecule has 1 rings (SSSR count). The summed E-state index contributed by atoms with van der Waals surface area (Å²) in [4.78, 5) is 0. The molecule has 0 saturated heterocycles. The van der Waals surface area contributed by atoms with Crippen molar-refractivity contribution < 1.29 is 4.57 Å². The first-order chi connectivity index (χ1) is 5.33. The second-order valence-electron chi connectivity index (χ2n) is 2.34. The molecule has 0 amide bonds. The van der Waals surface area contributed by atoms with Crippen LogP contribution >= 0.6 is 8.46 Å². The quantitative estimate of drug-likeness (QED) is 0.613. The Hall–Kier alpha value is -0.940. The Morgan fingerprint density at radius 1 is 1.45 bits per heavy atom. The fourth-order valence-corrected chi connectivity index (χ4v) is 1.12. The van der Waals surface area contributed by atoms with Crippen LogP contribution in [0.25, 0.3) is 6.08 Å². The Labute approximate surface area is 68.0 Å². The van der Waals surface area contributed by atoms with Crippen LogP contribution in [-0.2, 0) is 4.57 Å². The molecule has 0 saturated carbocycles. The molecule has 0 fully saturated rings. The first kappa shape index (κ1) is 8.16. The van der Waals surface area contributed by atoms with Gasteiger partial charge in [-0.15, -0.1) is 0 Å². The van der Waals surface area contributed by atoms with Gasteiger partial charge in [-0.3, -0.25) is 4.57 Å². The molecule has 0 radical (unpaired) electrons. The summed E-state index contributed by atoms with van der Waals surface area (Å²) in [5, 5.41) is 0. The molecule has 0 spiro atoms. The number of hydrogen-bond donors (Lipinski definition) is 0. The maximum absolute atomic E-state index is 10.1. The molecular weight excluding hydrogens is 155 g/mol. The van der Waals surface area contributed by atoms with E-state index >= 15 is 0 Å². The summed E-state index contributed by atoms with van der Waals surface area (Å²) in [5.74, 6) is 1.59. The second kappa shape index (κ2) is 4.05. The molecule has 0 aliphatic rings. The van der Waals surface area contributed by atoms with Gasteiger partial charge in [0.15, 0.2) is 8.46 Å². The third-order valence-electron chi connectivity index (χ3n) is 1.37. The number of hydrogen-bond acceptors (Lipinski definition) is 1. The zero-order valence-corrected chi connectivity index (χ0v) is 7.21. The van der Waals surface area contributed by atoms with Crippen LogP contribution in [0.15, 0.2) is 30.1 Å². The molecule has 1 aromatic carbocycles. The van der Waals surface area contributed by atoms with Crippen molar-refractivity contribution in [2.75, 3.05) is 0 Å². The van der Waals surface area contributed by atoms with E-state index in [0.717, 1.165) is 5.56 Å². The number of rotatable bonds is 2. The minimum Gasteiger partial charge on any atom is -0.270 e. The van der Waals surface area contributed by atoms with E-state index in [1.807, 2.05) is 37.3 Å². The fraction of sp³-hybridized carbons (Fsp3) is 0.111. The average molecular weight is 164 g/mol. The molecular formula is C9H9OP. The van der Waals surface area contributed by atoms with Crippen LogP contribution in [0.4, 0.5) is 0 Å². The van der Waals surface area contributed by atoms with Crippen LogP contribution in [-0.4, -0.2) is 0 Å². The topological polar surface area (TPSA) is 17.1 Å². The molecule has 1 nitrogen and oxygen atoms in total. The van der Waals surface area contributed by atoms with Crippen LogP contribution in [0.2, 0.25) is 0 Å². The molecule has 1 aromatic rings. The number of benzene rings is 1. The Balaban J connectivity index is 2.87. The van der Waals surface area contributed by atoms with Gasteiger partial charge in [0.2, 0.25) is 0 Å². The van der Waals surface area contributed by atoms with Gasteiger partial charge in [-0.1, -0.05) is 29.8 Å². The van der Waals surface area contributed by atoms with Crippen LogP contribution in [0.3, 0.4) is 0 Å². The highest BCUT2D eigenvalue weighted by molar-refractivity contribution is 7.28. The summed E-state index contributed by atoms with van der Waals surface area (Å²) in [7, 11) is 0.0607. The van der Waals surface area contributed by atoms with Gasteiger partial charge in [-0.2, -0.15) is 0 Å². The van der Waals surface area contributed by atoms with Crippen molar-refractivity contribution in [2.45, 2.75) is 6.92 Å². The lowest BCUT2D eigenvalue weighted by Gasteiger charge is -1.92. The average Bonchev–Trinajstić information content (AvgIpc) is 2.01. The molecule has 0 N–H and O–H groups in total. The molecule has 2 heteroatoms. The summed E-state index contributed by atoms with van der Waals surface area (Å²) in [6.07, 6.45) is 1.83.